The van der Waals surface area contributed by atoms with E-state index in [1.54, 1.807) is 4.72 Å². The number of phenolic OH excluding ortho intramolecular Hbond substituents is 1. The van der Waals surface area contributed by atoms with E-state index < -0.39 is 53.0 Å². The van der Waals surface area contributed by atoms with Crippen LogP contribution in [0.15, 0.2) is 36.9 Å². The van der Waals surface area contributed by atoms with Gasteiger partial charge in [0.15, 0.2) is 23.9 Å². The first-order valence-corrected chi connectivity index (χ1v) is 10.7. The Kier molecular flexibility index (Phi) is 5.64. The lowest BCUT2D eigenvalue weighted by atomic mass is 10.1. The Morgan fingerprint density at radius 1 is 1.28 bits per heavy atom. The van der Waals surface area contributed by atoms with Crippen LogP contribution in [0.2, 0.25) is 0 Å². The first kappa shape index (κ1) is 21.8. The third-order valence-electron chi connectivity index (χ3n) is 4.80. The van der Waals surface area contributed by atoms with E-state index in [0.29, 0.717) is 0 Å². The number of benzene rings is 1. The highest BCUT2D eigenvalue weighted by Crippen LogP contribution is 2.33. The lowest BCUT2D eigenvalue weighted by Gasteiger charge is -2.16. The SMILES string of the molecule is Nc1ncnc2c1ncn2[C@@H]1O[C@H](CNS(=O)(=O)NC(=O)c2ccccc2O)[C@H](F)[C@H]1O. The zero-order valence-corrected chi connectivity index (χ0v) is 17.0. The summed E-state index contributed by atoms with van der Waals surface area (Å²) in [6.45, 7) is -0.595. The van der Waals surface area contributed by atoms with Crippen LogP contribution in [0.25, 0.3) is 11.2 Å². The van der Waals surface area contributed by atoms with Gasteiger partial charge >= 0.3 is 10.2 Å². The lowest BCUT2D eigenvalue weighted by Crippen LogP contribution is -2.45. The molecule has 1 amide bonds. The third-order valence-corrected chi connectivity index (χ3v) is 5.80. The van der Waals surface area contributed by atoms with Gasteiger partial charge < -0.3 is 20.7 Å². The maximum atomic E-state index is 14.6. The second kappa shape index (κ2) is 8.27. The van der Waals surface area contributed by atoms with Gasteiger partial charge in [0, 0.05) is 6.54 Å². The molecule has 3 heterocycles. The summed E-state index contributed by atoms with van der Waals surface area (Å²) in [4.78, 5) is 23.9. The van der Waals surface area contributed by atoms with Crippen molar-refractivity contribution in [2.75, 3.05) is 12.3 Å². The number of anilines is 1. The van der Waals surface area contributed by atoms with E-state index >= 15 is 0 Å². The molecule has 1 aliphatic rings. The molecule has 0 aliphatic carbocycles. The largest absolute Gasteiger partial charge is 0.507 e. The van der Waals surface area contributed by atoms with E-state index in [-0.39, 0.29) is 22.5 Å². The molecule has 13 nitrogen and oxygen atoms in total. The van der Waals surface area contributed by atoms with Gasteiger partial charge in [-0.15, -0.1) is 0 Å². The molecular formula is C17H18FN7O6S. The van der Waals surface area contributed by atoms with E-state index in [4.69, 9.17) is 10.5 Å². The number of fused-ring (bicyclic) bond motifs is 1. The number of aromatic nitrogens is 4. The molecule has 1 fully saturated rings. The molecule has 0 unspecified atom stereocenters. The number of phenols is 1. The van der Waals surface area contributed by atoms with Crippen LogP contribution in [0.3, 0.4) is 0 Å². The summed E-state index contributed by atoms with van der Waals surface area (Å²) in [6.07, 6.45) is -3.85. The number of ether oxygens (including phenoxy) is 1. The summed E-state index contributed by atoms with van der Waals surface area (Å²) >= 11 is 0. The minimum Gasteiger partial charge on any atom is -0.507 e. The minimum absolute atomic E-state index is 0.0857. The van der Waals surface area contributed by atoms with Crippen molar-refractivity contribution in [2.45, 2.75) is 24.6 Å². The molecule has 2 aromatic heterocycles. The molecule has 3 aromatic rings. The van der Waals surface area contributed by atoms with Gasteiger partial charge in [-0.1, -0.05) is 12.1 Å². The van der Waals surface area contributed by atoms with Gasteiger partial charge in [-0.05, 0) is 12.1 Å². The highest BCUT2D eigenvalue weighted by atomic mass is 32.2. The number of aliphatic hydroxyl groups is 1. The summed E-state index contributed by atoms with van der Waals surface area (Å²) in [7, 11) is -4.43. The number of nitrogen functional groups attached to an aromatic ring is 1. The first-order chi connectivity index (χ1) is 15.2. The molecule has 0 saturated carbocycles. The lowest BCUT2D eigenvalue weighted by molar-refractivity contribution is -0.0330. The molecule has 170 valence electrons. The number of nitrogens with zero attached hydrogens (tertiary/aromatic N) is 4. The summed E-state index contributed by atoms with van der Waals surface area (Å²) in [6, 6.07) is 5.34. The first-order valence-electron chi connectivity index (χ1n) is 9.18. The second-order valence-corrected chi connectivity index (χ2v) is 8.38. The molecule has 1 saturated heterocycles. The summed E-state index contributed by atoms with van der Waals surface area (Å²) in [5, 5.41) is 19.9. The number of nitrogens with two attached hydrogens (primary N) is 1. The van der Waals surface area contributed by atoms with Crippen molar-refractivity contribution in [3.8, 4) is 5.75 Å². The Hall–Kier alpha value is -3.40. The highest BCUT2D eigenvalue weighted by Gasteiger charge is 2.46. The van der Waals surface area contributed by atoms with Crippen LogP contribution in [0, 0.1) is 0 Å². The molecule has 0 bridgehead atoms. The van der Waals surface area contributed by atoms with Crippen LogP contribution in [-0.4, -0.2) is 69.0 Å². The third kappa shape index (κ3) is 4.05. The van der Waals surface area contributed by atoms with Crippen LogP contribution in [0.1, 0.15) is 16.6 Å². The van der Waals surface area contributed by atoms with E-state index in [9.17, 15) is 27.8 Å². The Morgan fingerprint density at radius 3 is 2.78 bits per heavy atom. The molecule has 32 heavy (non-hydrogen) atoms. The van der Waals surface area contributed by atoms with Crippen LogP contribution < -0.4 is 15.2 Å². The van der Waals surface area contributed by atoms with Crippen molar-refractivity contribution in [1.29, 1.82) is 0 Å². The number of imidazole rings is 1. The number of carbonyl (C=O) groups is 1. The smallest absolute Gasteiger partial charge is 0.301 e. The van der Waals surface area contributed by atoms with Crippen LogP contribution >= 0.6 is 0 Å². The van der Waals surface area contributed by atoms with E-state index in [1.807, 2.05) is 4.72 Å². The summed E-state index contributed by atoms with van der Waals surface area (Å²) in [5.74, 6) is -1.41. The van der Waals surface area contributed by atoms with E-state index in [1.165, 1.54) is 41.5 Å². The van der Waals surface area contributed by atoms with Gasteiger partial charge in [0.05, 0.1) is 11.9 Å². The Morgan fingerprint density at radius 2 is 2.03 bits per heavy atom. The van der Waals surface area contributed by atoms with Crippen molar-refractivity contribution in [3.63, 3.8) is 0 Å². The number of carbonyl (C=O) groups excluding carboxylic acids is 1. The average Bonchev–Trinajstić information content (AvgIpc) is 3.29. The molecule has 0 spiro atoms. The summed E-state index contributed by atoms with van der Waals surface area (Å²) in [5.41, 5.74) is 5.88. The van der Waals surface area contributed by atoms with Gasteiger partial charge in [-0.3, -0.25) is 9.36 Å². The monoisotopic (exact) mass is 467 g/mol. The molecule has 15 heteroatoms. The normalized spacial score (nSPS) is 23.4. The number of nitrogens with one attached hydrogen (secondary N) is 2. The van der Waals surface area contributed by atoms with Gasteiger partial charge in [0.2, 0.25) is 0 Å². The van der Waals surface area contributed by atoms with Gasteiger partial charge in [0.25, 0.3) is 5.91 Å². The minimum atomic E-state index is -4.43. The quantitative estimate of drug-likeness (QED) is 0.299. The number of rotatable bonds is 6. The molecule has 6 N–H and O–H groups in total. The van der Waals surface area contributed by atoms with Crippen LogP contribution in [0.4, 0.5) is 10.2 Å². The number of aliphatic hydroxyl groups excluding tert-OH is 1. The number of hydrogen-bond donors (Lipinski definition) is 5. The average molecular weight is 467 g/mol. The van der Waals surface area contributed by atoms with Crippen molar-refractivity contribution < 1.29 is 32.6 Å². The van der Waals surface area contributed by atoms with E-state index in [2.05, 4.69) is 15.0 Å². The standard InChI is InChI=1S/C17H18FN7O6S/c18-11-10(5-23-32(29,30)24-16(28)8-3-1-2-4-9(8)26)31-17(13(11)27)25-7-22-12-14(19)20-6-21-15(12)25/h1-4,6-7,10-11,13,17,23,26-27H,5H2,(H,24,28)(H2,19,20,21)/t10-,11+,13-,17-/m1/s1. The number of halogens is 1. The number of alkyl halides is 1. The molecular weight excluding hydrogens is 449 g/mol. The van der Waals surface area contributed by atoms with Gasteiger partial charge in [-0.25, -0.2) is 24.1 Å². The molecule has 4 rings (SSSR count). The Labute approximate surface area is 180 Å². The number of aromatic hydroxyl groups is 1. The highest BCUT2D eigenvalue weighted by molar-refractivity contribution is 7.88. The van der Waals surface area contributed by atoms with Crippen LogP contribution in [-0.2, 0) is 14.9 Å². The molecule has 1 aliphatic heterocycles. The van der Waals surface area contributed by atoms with Gasteiger partial charge in [-0.2, -0.15) is 13.1 Å². The molecule has 1 aromatic carbocycles. The van der Waals surface area contributed by atoms with Crippen LogP contribution in [0.5, 0.6) is 5.75 Å². The van der Waals surface area contributed by atoms with Crippen molar-refractivity contribution in [2.24, 2.45) is 0 Å². The second-order valence-electron chi connectivity index (χ2n) is 6.88. The fraction of sp³-hybridized carbons (Fsp3) is 0.294. The maximum Gasteiger partial charge on any atom is 0.301 e. The zero-order valence-electron chi connectivity index (χ0n) is 16.2. The van der Waals surface area contributed by atoms with E-state index in [0.717, 1.165) is 0 Å². The molecule has 0 radical (unpaired) electrons. The van der Waals surface area contributed by atoms with Crippen molar-refractivity contribution in [1.82, 2.24) is 29.0 Å². The van der Waals surface area contributed by atoms with Gasteiger partial charge in [0.1, 0.15) is 29.8 Å². The zero-order chi connectivity index (χ0) is 23.0. The predicted octanol–water partition coefficient (Wildman–Crippen LogP) is -1.03. The number of para-hydroxylation sites is 1. The fourth-order valence-electron chi connectivity index (χ4n) is 3.23. The Bertz CT molecular complexity index is 1270. The fourth-order valence-corrected chi connectivity index (χ4v) is 4.04. The molecule has 4 atom stereocenters. The maximum absolute atomic E-state index is 14.6. The van der Waals surface area contributed by atoms with Crippen molar-refractivity contribution >= 4 is 33.1 Å². The summed E-state index contributed by atoms with van der Waals surface area (Å²) < 4.78 is 49.5. The topological polar surface area (TPSA) is 195 Å². The Balaban J connectivity index is 1.44. The predicted molar refractivity (Wildman–Crippen MR) is 107 cm³/mol. The number of hydrogen-bond acceptors (Lipinski definition) is 10. The van der Waals surface area contributed by atoms with Crippen molar-refractivity contribution in [3.05, 3.63) is 42.5 Å². The number of amides is 1.